The molecule has 3 aromatic rings. The highest BCUT2D eigenvalue weighted by Crippen LogP contribution is 2.25. The summed E-state index contributed by atoms with van der Waals surface area (Å²) in [5.74, 6) is 0.120. The van der Waals surface area contributed by atoms with Crippen LogP contribution < -0.4 is 0 Å². The predicted molar refractivity (Wildman–Crippen MR) is 110 cm³/mol. The summed E-state index contributed by atoms with van der Waals surface area (Å²) in [5, 5.41) is 1.12. The van der Waals surface area contributed by atoms with Crippen molar-refractivity contribution in [2.45, 2.75) is 26.4 Å². The smallest absolute Gasteiger partial charge is 0.270 e. The largest absolute Gasteiger partial charge is 0.340 e. The summed E-state index contributed by atoms with van der Waals surface area (Å²) < 4.78 is 2.01. The lowest BCUT2D eigenvalue weighted by atomic mass is 9.97. The van der Waals surface area contributed by atoms with E-state index in [-0.39, 0.29) is 5.91 Å². The second kappa shape index (κ2) is 7.20. The molecular formula is C23H27N3O. The molecule has 1 aliphatic heterocycles. The molecule has 0 saturated heterocycles. The average Bonchev–Trinajstić information content (AvgIpc) is 3.03. The van der Waals surface area contributed by atoms with Gasteiger partial charge in [-0.05, 0) is 48.8 Å². The van der Waals surface area contributed by atoms with Crippen LogP contribution in [0.15, 0.2) is 48.5 Å². The number of para-hydroxylation sites is 1. The molecule has 27 heavy (non-hydrogen) atoms. The van der Waals surface area contributed by atoms with Crippen molar-refractivity contribution in [1.29, 1.82) is 0 Å². The van der Waals surface area contributed by atoms with Crippen molar-refractivity contribution in [2.75, 3.05) is 20.1 Å². The van der Waals surface area contributed by atoms with Gasteiger partial charge in [-0.15, -0.1) is 0 Å². The van der Waals surface area contributed by atoms with Crippen LogP contribution in [0.25, 0.3) is 10.9 Å². The van der Waals surface area contributed by atoms with Crippen LogP contribution in [0.3, 0.4) is 0 Å². The van der Waals surface area contributed by atoms with Gasteiger partial charge in [-0.25, -0.2) is 0 Å². The third-order valence-electron chi connectivity index (χ3n) is 5.73. The summed E-state index contributed by atoms with van der Waals surface area (Å²) in [6.45, 7) is 5.67. The van der Waals surface area contributed by atoms with E-state index < -0.39 is 0 Å². The molecule has 0 bridgehead atoms. The first-order valence-electron chi connectivity index (χ1n) is 9.69. The van der Waals surface area contributed by atoms with Gasteiger partial charge >= 0.3 is 0 Å². The first kappa shape index (κ1) is 17.8. The normalized spacial score (nSPS) is 14.0. The molecule has 1 aromatic heterocycles. The fraction of sp³-hybridized carbons (Fsp3) is 0.348. The number of rotatable bonds is 4. The number of fused-ring (bicyclic) bond motifs is 2. The lowest BCUT2D eigenvalue weighted by Crippen LogP contribution is -2.36. The van der Waals surface area contributed by atoms with Gasteiger partial charge < -0.3 is 14.4 Å². The quantitative estimate of drug-likeness (QED) is 0.707. The number of nitrogens with zero attached hydrogens (tertiary/aromatic N) is 3. The second-order valence-corrected chi connectivity index (χ2v) is 7.56. The Labute approximate surface area is 161 Å². The van der Waals surface area contributed by atoms with Gasteiger partial charge in [-0.3, -0.25) is 4.79 Å². The first-order chi connectivity index (χ1) is 13.1. The summed E-state index contributed by atoms with van der Waals surface area (Å²) in [6, 6.07) is 16.9. The molecule has 0 unspecified atom stereocenters. The van der Waals surface area contributed by atoms with Crippen LogP contribution in [0.4, 0.5) is 0 Å². The minimum Gasteiger partial charge on any atom is -0.340 e. The van der Waals surface area contributed by atoms with Crippen molar-refractivity contribution in [3.63, 3.8) is 0 Å². The standard InChI is InChI=1S/C23H27N3O/c1-4-24(2)15-17-9-10-20-16-26(12-11-18(20)13-17)23(27)22-14-19-7-5-6-8-21(19)25(22)3/h5-10,13-14H,4,11-12,15-16H2,1-3H3. The lowest BCUT2D eigenvalue weighted by molar-refractivity contribution is 0.0725. The van der Waals surface area contributed by atoms with E-state index in [0.29, 0.717) is 6.54 Å². The van der Waals surface area contributed by atoms with E-state index in [1.165, 1.54) is 16.7 Å². The second-order valence-electron chi connectivity index (χ2n) is 7.56. The van der Waals surface area contributed by atoms with Crippen molar-refractivity contribution in [3.05, 3.63) is 70.9 Å². The van der Waals surface area contributed by atoms with Gasteiger partial charge in [0.15, 0.2) is 0 Å². The van der Waals surface area contributed by atoms with Gasteiger partial charge in [-0.2, -0.15) is 0 Å². The Kier molecular flexibility index (Phi) is 4.75. The zero-order valence-electron chi connectivity index (χ0n) is 16.4. The molecule has 0 spiro atoms. The average molecular weight is 361 g/mol. The summed E-state index contributed by atoms with van der Waals surface area (Å²) >= 11 is 0. The van der Waals surface area contributed by atoms with E-state index in [0.717, 1.165) is 42.7 Å². The number of carbonyl (C=O) groups excluding carboxylic acids is 1. The van der Waals surface area contributed by atoms with E-state index in [2.05, 4.69) is 49.2 Å². The molecule has 0 atom stereocenters. The molecule has 0 N–H and O–H groups in total. The lowest BCUT2D eigenvalue weighted by Gasteiger charge is -2.29. The molecule has 0 saturated carbocycles. The summed E-state index contributed by atoms with van der Waals surface area (Å²) in [5.41, 5.74) is 5.88. The maximum absolute atomic E-state index is 13.1. The van der Waals surface area contributed by atoms with Crippen molar-refractivity contribution in [2.24, 2.45) is 7.05 Å². The zero-order chi connectivity index (χ0) is 19.0. The number of aryl methyl sites for hydroxylation is 1. The van der Waals surface area contributed by atoms with E-state index in [1.807, 2.05) is 34.7 Å². The minimum atomic E-state index is 0.120. The van der Waals surface area contributed by atoms with Gasteiger partial charge in [0.2, 0.25) is 0 Å². The van der Waals surface area contributed by atoms with Crippen molar-refractivity contribution >= 4 is 16.8 Å². The van der Waals surface area contributed by atoms with E-state index >= 15 is 0 Å². The van der Waals surface area contributed by atoms with Gasteiger partial charge in [0.05, 0.1) is 0 Å². The van der Waals surface area contributed by atoms with Crippen LogP contribution in [0.5, 0.6) is 0 Å². The molecule has 2 aromatic carbocycles. The van der Waals surface area contributed by atoms with Crippen LogP contribution in [-0.2, 0) is 26.6 Å². The number of carbonyl (C=O) groups is 1. The zero-order valence-corrected chi connectivity index (χ0v) is 16.4. The number of amides is 1. The molecular weight excluding hydrogens is 334 g/mol. The van der Waals surface area contributed by atoms with Crippen molar-refractivity contribution < 1.29 is 4.79 Å². The number of hydrogen-bond donors (Lipinski definition) is 0. The summed E-state index contributed by atoms with van der Waals surface area (Å²) in [4.78, 5) is 17.4. The fourth-order valence-electron chi connectivity index (χ4n) is 3.96. The summed E-state index contributed by atoms with van der Waals surface area (Å²) in [7, 11) is 4.12. The van der Waals surface area contributed by atoms with Crippen molar-refractivity contribution in [3.8, 4) is 0 Å². The van der Waals surface area contributed by atoms with Gasteiger partial charge in [0.25, 0.3) is 5.91 Å². The van der Waals surface area contributed by atoms with Crippen LogP contribution in [-0.4, -0.2) is 40.4 Å². The molecule has 4 heteroatoms. The molecule has 1 aliphatic rings. The van der Waals surface area contributed by atoms with E-state index in [9.17, 15) is 4.79 Å². The molecule has 0 fully saturated rings. The molecule has 0 radical (unpaired) electrons. The third kappa shape index (κ3) is 3.37. The first-order valence-corrected chi connectivity index (χ1v) is 9.69. The molecule has 140 valence electrons. The molecule has 2 heterocycles. The molecule has 1 amide bonds. The highest BCUT2D eigenvalue weighted by Gasteiger charge is 2.24. The molecule has 0 aliphatic carbocycles. The Morgan fingerprint density at radius 2 is 1.93 bits per heavy atom. The monoisotopic (exact) mass is 361 g/mol. The Bertz CT molecular complexity index is 988. The van der Waals surface area contributed by atoms with Gasteiger partial charge in [-0.1, -0.05) is 43.3 Å². The summed E-state index contributed by atoms with van der Waals surface area (Å²) in [6.07, 6.45) is 0.925. The maximum Gasteiger partial charge on any atom is 0.270 e. The van der Waals surface area contributed by atoms with Crippen molar-refractivity contribution in [1.82, 2.24) is 14.4 Å². The van der Waals surface area contributed by atoms with Gasteiger partial charge in [0, 0.05) is 37.6 Å². The highest BCUT2D eigenvalue weighted by atomic mass is 16.2. The number of aromatic nitrogens is 1. The molecule has 4 rings (SSSR count). The maximum atomic E-state index is 13.1. The highest BCUT2D eigenvalue weighted by molar-refractivity contribution is 5.98. The third-order valence-corrected chi connectivity index (χ3v) is 5.73. The minimum absolute atomic E-state index is 0.120. The topological polar surface area (TPSA) is 28.5 Å². The number of hydrogen-bond acceptors (Lipinski definition) is 2. The predicted octanol–water partition coefficient (Wildman–Crippen LogP) is 3.83. The Hall–Kier alpha value is -2.59. The number of benzene rings is 2. The Balaban J connectivity index is 1.55. The van der Waals surface area contributed by atoms with Gasteiger partial charge in [0.1, 0.15) is 5.69 Å². The Morgan fingerprint density at radius 3 is 2.70 bits per heavy atom. The SMILES string of the molecule is CCN(C)Cc1ccc2c(c1)CCN(C(=O)c1cc3ccccc3n1C)C2. The van der Waals surface area contributed by atoms with Crippen LogP contribution in [0.2, 0.25) is 0 Å². The fourth-order valence-corrected chi connectivity index (χ4v) is 3.96. The van der Waals surface area contributed by atoms with E-state index in [4.69, 9.17) is 0 Å². The molecule has 4 nitrogen and oxygen atoms in total. The van der Waals surface area contributed by atoms with Crippen LogP contribution >= 0.6 is 0 Å². The Morgan fingerprint density at radius 1 is 1.11 bits per heavy atom. The van der Waals surface area contributed by atoms with Crippen LogP contribution in [0.1, 0.15) is 34.1 Å². The van der Waals surface area contributed by atoms with Crippen LogP contribution in [0, 0.1) is 0 Å². The van der Waals surface area contributed by atoms with E-state index in [1.54, 1.807) is 0 Å².